The molecule has 16 heteroatoms. The molecule has 0 unspecified atom stereocenters. The fourth-order valence-corrected chi connectivity index (χ4v) is 11.6. The van der Waals surface area contributed by atoms with Crippen molar-refractivity contribution in [1.29, 1.82) is 0 Å². The number of alkyl halides is 6. The largest absolute Gasteiger partial charge is 0.405 e. The van der Waals surface area contributed by atoms with Crippen LogP contribution in [0, 0.1) is 0 Å². The van der Waals surface area contributed by atoms with Gasteiger partial charge in [-0.05, 0) is 115 Å². The van der Waals surface area contributed by atoms with Crippen molar-refractivity contribution in [1.82, 2.24) is 31.1 Å². The number of unbranched alkanes of at least 4 members (excludes halogenated alkanes) is 2. The predicted octanol–water partition coefficient (Wildman–Crippen LogP) is 8.95. The lowest BCUT2D eigenvalue weighted by Gasteiger charge is -2.34. The molecule has 2 heterocycles. The molecule has 4 aromatic carbocycles. The van der Waals surface area contributed by atoms with Gasteiger partial charge in [0.1, 0.15) is 23.9 Å². The zero-order chi connectivity index (χ0) is 50.2. The highest BCUT2D eigenvalue weighted by Crippen LogP contribution is 2.53. The van der Waals surface area contributed by atoms with E-state index in [1.807, 2.05) is 97.1 Å². The first-order valence-electron chi connectivity index (χ1n) is 25.2. The Balaban J connectivity index is 0.710. The van der Waals surface area contributed by atoms with E-state index in [1.165, 1.54) is 0 Å². The Labute approximate surface area is 411 Å². The molecule has 380 valence electrons. The van der Waals surface area contributed by atoms with Gasteiger partial charge in [-0.3, -0.25) is 19.2 Å². The summed E-state index contributed by atoms with van der Waals surface area (Å²) in [4.78, 5) is 58.0. The first-order chi connectivity index (χ1) is 34.1. The molecule has 4 aliphatic rings. The Kier molecular flexibility index (Phi) is 16.2. The van der Waals surface area contributed by atoms with Crippen LogP contribution < -0.4 is 21.3 Å². The minimum atomic E-state index is -4.53. The fraction of sp³-hybridized carbons (Fsp3) is 0.491. The van der Waals surface area contributed by atoms with Crippen LogP contribution in [-0.2, 0) is 30.0 Å². The van der Waals surface area contributed by atoms with Crippen LogP contribution in [0.2, 0.25) is 0 Å². The highest BCUT2D eigenvalue weighted by molar-refractivity contribution is 6.01. The summed E-state index contributed by atoms with van der Waals surface area (Å²) < 4.78 is 79.6. The van der Waals surface area contributed by atoms with E-state index < -0.39 is 48.1 Å². The van der Waals surface area contributed by atoms with Crippen LogP contribution in [0.15, 0.2) is 97.1 Å². The highest BCUT2D eigenvalue weighted by atomic mass is 19.4. The summed E-state index contributed by atoms with van der Waals surface area (Å²) in [5.74, 6) is -1.43. The molecule has 0 aromatic heterocycles. The molecule has 0 spiro atoms. The molecule has 4 N–H and O–H groups in total. The lowest BCUT2D eigenvalue weighted by molar-refractivity contribution is -0.141. The van der Waals surface area contributed by atoms with Crippen LogP contribution in [0.5, 0.6) is 0 Å². The van der Waals surface area contributed by atoms with Crippen LogP contribution in [0.4, 0.5) is 26.3 Å². The van der Waals surface area contributed by atoms with Crippen LogP contribution in [0.3, 0.4) is 0 Å². The molecule has 4 aromatic rings. The number of fused-ring (bicyclic) bond motifs is 6. The molecular formula is C55H64F6N6O4. The average Bonchev–Trinajstić information content (AvgIpc) is 3.81. The first-order valence-corrected chi connectivity index (χ1v) is 25.2. The monoisotopic (exact) mass is 986 g/mol. The third-order valence-corrected chi connectivity index (χ3v) is 15.1. The minimum absolute atomic E-state index is 0.0323. The van der Waals surface area contributed by atoms with Crippen molar-refractivity contribution in [2.45, 2.75) is 119 Å². The average molecular weight is 987 g/mol. The van der Waals surface area contributed by atoms with Crippen molar-refractivity contribution in [3.05, 3.63) is 119 Å². The molecule has 4 amide bonds. The van der Waals surface area contributed by atoms with Gasteiger partial charge in [-0.15, -0.1) is 0 Å². The molecule has 2 saturated heterocycles. The second-order valence-electron chi connectivity index (χ2n) is 19.7. The molecule has 0 bridgehead atoms. The Hall–Kier alpha value is -5.74. The normalized spacial score (nSPS) is 17.7. The molecule has 0 atom stereocenters. The number of amides is 4. The lowest BCUT2D eigenvalue weighted by Crippen LogP contribution is -2.47. The second-order valence-corrected chi connectivity index (χ2v) is 19.7. The van der Waals surface area contributed by atoms with Crippen molar-refractivity contribution in [3.8, 4) is 22.3 Å². The number of piperidine rings is 2. The quantitative estimate of drug-likeness (QED) is 0.0519. The van der Waals surface area contributed by atoms with Crippen molar-refractivity contribution < 1.29 is 45.5 Å². The van der Waals surface area contributed by atoms with Crippen molar-refractivity contribution in [3.63, 3.8) is 0 Å². The van der Waals surface area contributed by atoms with E-state index in [0.717, 1.165) is 122 Å². The molecule has 8 rings (SSSR count). The van der Waals surface area contributed by atoms with Crippen LogP contribution in [0.25, 0.3) is 22.3 Å². The standard InChI is InChI=1S/C55H64F6N6O4/c56-54(57,58)36-62-50(70)52(44-18-5-1-14-40(44)41-15-2-6-19-45(41)52)28-9-11-30-66-32-24-38(25-33-66)64-48(68)22-13-23-49(69)65-39-26-34-67(35-27-39)31-12-10-29-53(51(71)63-37-55(59,60)61)46-20-7-3-16-42(46)43-17-4-8-21-47(43)53/h1-8,14-21,38-39H,9-13,22-37H2,(H,62,70)(H,63,71)(H,64,68)(H,65,69). The summed E-state index contributed by atoms with van der Waals surface area (Å²) in [5, 5.41) is 10.7. The van der Waals surface area contributed by atoms with Gasteiger partial charge in [-0.25, -0.2) is 0 Å². The van der Waals surface area contributed by atoms with Gasteiger partial charge in [-0.1, -0.05) is 110 Å². The third kappa shape index (κ3) is 12.0. The Morgan fingerprint density at radius 3 is 1.08 bits per heavy atom. The van der Waals surface area contributed by atoms with Gasteiger partial charge in [0.15, 0.2) is 0 Å². The van der Waals surface area contributed by atoms with Gasteiger partial charge in [-0.2, -0.15) is 26.3 Å². The van der Waals surface area contributed by atoms with E-state index in [2.05, 4.69) is 31.1 Å². The van der Waals surface area contributed by atoms with Gasteiger partial charge >= 0.3 is 12.4 Å². The number of carbonyl (C=O) groups is 4. The zero-order valence-corrected chi connectivity index (χ0v) is 40.0. The van der Waals surface area contributed by atoms with Crippen LogP contribution in [-0.4, -0.2) is 110 Å². The van der Waals surface area contributed by atoms with E-state index in [9.17, 15) is 45.5 Å². The molecular weight excluding hydrogens is 923 g/mol. The second kappa shape index (κ2) is 22.4. The van der Waals surface area contributed by atoms with Crippen molar-refractivity contribution >= 4 is 23.6 Å². The van der Waals surface area contributed by atoms with Gasteiger partial charge in [0.25, 0.3) is 0 Å². The van der Waals surface area contributed by atoms with E-state index >= 15 is 0 Å². The SMILES string of the molecule is O=C(CCCC(=O)NC1CCN(CCCCC2(C(=O)NCC(F)(F)F)c3ccccc3-c3ccccc32)CC1)NC1CCN(CCCCC2(C(=O)NCC(F)(F)F)c3ccccc3-c3ccccc32)CC1. The molecule has 2 aliphatic heterocycles. The number of carbonyl (C=O) groups excluding carboxylic acids is 4. The summed E-state index contributed by atoms with van der Waals surface area (Å²) in [6.45, 7) is 1.89. The minimum Gasteiger partial charge on any atom is -0.353 e. The predicted molar refractivity (Wildman–Crippen MR) is 260 cm³/mol. The van der Waals surface area contributed by atoms with Crippen LogP contribution >= 0.6 is 0 Å². The number of rotatable bonds is 20. The third-order valence-electron chi connectivity index (χ3n) is 15.1. The number of nitrogens with one attached hydrogen (secondary N) is 4. The molecule has 2 aliphatic carbocycles. The summed E-state index contributed by atoms with van der Waals surface area (Å²) in [5.41, 5.74) is 3.96. The van der Waals surface area contributed by atoms with E-state index in [4.69, 9.17) is 0 Å². The maximum atomic E-state index is 13.8. The molecule has 0 radical (unpaired) electrons. The summed E-state index contributed by atoms with van der Waals surface area (Å²) in [6.07, 6.45) is -1.49. The Morgan fingerprint density at radius 2 is 0.775 bits per heavy atom. The van der Waals surface area contributed by atoms with Crippen molar-refractivity contribution in [2.75, 3.05) is 52.4 Å². The zero-order valence-electron chi connectivity index (χ0n) is 40.0. The van der Waals surface area contributed by atoms with Gasteiger partial charge in [0, 0.05) is 51.1 Å². The molecule has 10 nitrogen and oxygen atoms in total. The van der Waals surface area contributed by atoms with Gasteiger partial charge in [0.05, 0.1) is 0 Å². The highest BCUT2D eigenvalue weighted by Gasteiger charge is 2.50. The Morgan fingerprint density at radius 1 is 0.465 bits per heavy atom. The maximum Gasteiger partial charge on any atom is 0.405 e. The smallest absolute Gasteiger partial charge is 0.353 e. The number of hydrogen-bond donors (Lipinski definition) is 4. The number of benzene rings is 4. The molecule has 71 heavy (non-hydrogen) atoms. The molecule has 0 saturated carbocycles. The first kappa shape index (κ1) is 51.6. The summed E-state index contributed by atoms with van der Waals surface area (Å²) in [6, 6.07) is 30.0. The van der Waals surface area contributed by atoms with E-state index in [1.54, 1.807) is 0 Å². The number of likely N-dealkylation sites (tertiary alicyclic amines) is 2. The maximum absolute atomic E-state index is 13.8. The number of hydrogen-bond acceptors (Lipinski definition) is 6. The van der Waals surface area contributed by atoms with Crippen molar-refractivity contribution in [2.24, 2.45) is 0 Å². The summed E-state index contributed by atoms with van der Waals surface area (Å²) >= 11 is 0. The Bertz CT molecular complexity index is 2250. The topological polar surface area (TPSA) is 123 Å². The lowest BCUT2D eigenvalue weighted by atomic mass is 9.73. The van der Waals surface area contributed by atoms with Crippen LogP contribution in [0.1, 0.15) is 106 Å². The van der Waals surface area contributed by atoms with Gasteiger partial charge in [0.2, 0.25) is 23.6 Å². The fourth-order valence-electron chi connectivity index (χ4n) is 11.6. The number of halogens is 6. The van der Waals surface area contributed by atoms with E-state index in [-0.39, 0.29) is 36.7 Å². The molecule has 2 fully saturated rings. The van der Waals surface area contributed by atoms with E-state index in [0.29, 0.717) is 32.1 Å². The summed E-state index contributed by atoms with van der Waals surface area (Å²) in [7, 11) is 0. The van der Waals surface area contributed by atoms with Gasteiger partial charge < -0.3 is 31.1 Å². The number of nitrogens with zero attached hydrogens (tertiary/aromatic N) is 2.